The van der Waals surface area contributed by atoms with Gasteiger partial charge in [-0.1, -0.05) is 12.8 Å². The van der Waals surface area contributed by atoms with E-state index >= 15 is 0 Å². The summed E-state index contributed by atoms with van der Waals surface area (Å²) in [5.74, 6) is 2.48. The van der Waals surface area contributed by atoms with E-state index in [2.05, 4.69) is 17.6 Å². The van der Waals surface area contributed by atoms with E-state index in [0.717, 1.165) is 25.1 Å². The number of amides is 1. The number of rotatable bonds is 3. The zero-order chi connectivity index (χ0) is 11.4. The Morgan fingerprint density at radius 1 is 1.47 bits per heavy atom. The monoisotopic (exact) mass is 278 g/mol. The summed E-state index contributed by atoms with van der Waals surface area (Å²) in [6.45, 7) is 3.22. The maximum absolute atomic E-state index is 11.9. The molecule has 1 aliphatic carbocycles. The van der Waals surface area contributed by atoms with Gasteiger partial charge in [0.05, 0.1) is 0 Å². The molecule has 1 heterocycles. The van der Waals surface area contributed by atoms with E-state index in [1.807, 2.05) is 11.8 Å². The minimum Gasteiger partial charge on any atom is -0.351 e. The molecule has 0 radical (unpaired) electrons. The second-order valence-electron chi connectivity index (χ2n) is 5.25. The van der Waals surface area contributed by atoms with Crippen LogP contribution < -0.4 is 10.6 Å². The van der Waals surface area contributed by atoms with Gasteiger partial charge in [-0.3, -0.25) is 4.79 Å². The first kappa shape index (κ1) is 15.1. The van der Waals surface area contributed by atoms with Gasteiger partial charge >= 0.3 is 0 Å². The van der Waals surface area contributed by atoms with Crippen molar-refractivity contribution in [1.82, 2.24) is 10.6 Å². The first-order chi connectivity index (χ1) is 7.68. The van der Waals surface area contributed by atoms with Gasteiger partial charge in [-0.25, -0.2) is 0 Å². The third-order valence-electron chi connectivity index (χ3n) is 3.58. The van der Waals surface area contributed by atoms with Crippen molar-refractivity contribution in [3.05, 3.63) is 0 Å². The van der Waals surface area contributed by atoms with Crippen LogP contribution in [0.1, 0.15) is 39.0 Å². The largest absolute Gasteiger partial charge is 0.351 e. The number of thioether (sulfide) groups is 1. The maximum atomic E-state index is 11.9. The van der Waals surface area contributed by atoms with E-state index in [-0.39, 0.29) is 23.9 Å². The fraction of sp³-hybridized carbons (Fsp3) is 0.917. The summed E-state index contributed by atoms with van der Waals surface area (Å²) < 4.78 is 0. The summed E-state index contributed by atoms with van der Waals surface area (Å²) in [4.78, 5) is 11.9. The van der Waals surface area contributed by atoms with Crippen molar-refractivity contribution in [3.63, 3.8) is 0 Å². The fourth-order valence-electron chi connectivity index (χ4n) is 2.64. The highest BCUT2D eigenvalue weighted by Gasteiger charge is 2.30. The normalized spacial score (nSPS) is 27.2. The second-order valence-corrected chi connectivity index (χ2v) is 6.40. The molecule has 2 N–H and O–H groups in total. The minimum absolute atomic E-state index is 0. The SMILES string of the molecule is CC1(NC(=O)CC2CSCCN2)CCCC1.Cl. The number of carbonyl (C=O) groups excluding carboxylic acids is 1. The first-order valence-corrected chi connectivity index (χ1v) is 7.46. The van der Waals surface area contributed by atoms with Crippen molar-refractivity contribution >= 4 is 30.1 Å². The Labute approximate surface area is 114 Å². The molecule has 1 atom stereocenters. The van der Waals surface area contributed by atoms with Crippen molar-refractivity contribution in [3.8, 4) is 0 Å². The molecule has 3 nitrogen and oxygen atoms in total. The molecule has 2 rings (SSSR count). The van der Waals surface area contributed by atoms with Gasteiger partial charge in [0.1, 0.15) is 0 Å². The molecule has 17 heavy (non-hydrogen) atoms. The molecule has 1 unspecified atom stereocenters. The molecule has 0 aromatic rings. The predicted octanol–water partition coefficient (Wildman–Crippen LogP) is 1.95. The Morgan fingerprint density at radius 3 is 2.76 bits per heavy atom. The van der Waals surface area contributed by atoms with E-state index in [1.165, 1.54) is 18.6 Å². The summed E-state index contributed by atoms with van der Waals surface area (Å²) >= 11 is 1.94. The third-order valence-corrected chi connectivity index (χ3v) is 4.71. The van der Waals surface area contributed by atoms with Gasteiger partial charge in [-0.2, -0.15) is 11.8 Å². The van der Waals surface area contributed by atoms with Gasteiger partial charge in [-0.15, -0.1) is 12.4 Å². The lowest BCUT2D eigenvalue weighted by molar-refractivity contribution is -0.123. The van der Waals surface area contributed by atoms with E-state index < -0.39 is 0 Å². The van der Waals surface area contributed by atoms with Crippen LogP contribution >= 0.6 is 24.2 Å². The summed E-state index contributed by atoms with van der Waals surface area (Å²) in [7, 11) is 0. The summed E-state index contributed by atoms with van der Waals surface area (Å²) in [5, 5.41) is 6.62. The van der Waals surface area contributed by atoms with Crippen molar-refractivity contribution < 1.29 is 4.79 Å². The van der Waals surface area contributed by atoms with Crippen LogP contribution in [-0.2, 0) is 4.79 Å². The lowest BCUT2D eigenvalue weighted by Gasteiger charge is -2.28. The average molecular weight is 279 g/mol. The van der Waals surface area contributed by atoms with E-state index in [9.17, 15) is 4.79 Å². The molecule has 5 heteroatoms. The molecular weight excluding hydrogens is 256 g/mol. The molecule has 2 fully saturated rings. The number of hydrogen-bond acceptors (Lipinski definition) is 3. The lowest BCUT2D eigenvalue weighted by atomic mass is 10.0. The highest BCUT2D eigenvalue weighted by atomic mass is 35.5. The number of halogens is 1. The zero-order valence-electron chi connectivity index (χ0n) is 10.5. The summed E-state index contributed by atoms with van der Waals surface area (Å²) in [6.07, 6.45) is 5.45. The molecule has 1 aliphatic heterocycles. The van der Waals surface area contributed by atoms with Gasteiger partial charge in [0.2, 0.25) is 5.91 Å². The molecule has 2 aliphatic rings. The van der Waals surface area contributed by atoms with E-state index in [1.54, 1.807) is 0 Å². The molecule has 1 saturated carbocycles. The van der Waals surface area contributed by atoms with Crippen molar-refractivity contribution in [2.45, 2.75) is 50.6 Å². The van der Waals surface area contributed by atoms with Gasteiger partial charge in [0, 0.05) is 36.1 Å². The third kappa shape index (κ3) is 4.68. The lowest BCUT2D eigenvalue weighted by Crippen LogP contribution is -2.47. The van der Waals surface area contributed by atoms with Gasteiger partial charge < -0.3 is 10.6 Å². The number of nitrogens with one attached hydrogen (secondary N) is 2. The summed E-state index contributed by atoms with van der Waals surface area (Å²) in [6, 6.07) is 0.378. The van der Waals surface area contributed by atoms with Crippen LogP contribution in [0.5, 0.6) is 0 Å². The van der Waals surface area contributed by atoms with Crippen LogP contribution in [0.25, 0.3) is 0 Å². The highest BCUT2D eigenvalue weighted by Crippen LogP contribution is 2.29. The zero-order valence-corrected chi connectivity index (χ0v) is 12.1. The standard InChI is InChI=1S/C12H22N2OS.ClH/c1-12(4-2-3-5-12)14-11(15)8-10-9-16-7-6-13-10;/h10,13H,2-9H2,1H3,(H,14,15);1H. The first-order valence-electron chi connectivity index (χ1n) is 6.30. The summed E-state index contributed by atoms with van der Waals surface area (Å²) in [5.41, 5.74) is 0.0822. The predicted molar refractivity (Wildman–Crippen MR) is 76.0 cm³/mol. The number of hydrogen-bond donors (Lipinski definition) is 2. The van der Waals surface area contributed by atoms with E-state index in [4.69, 9.17) is 0 Å². The quantitative estimate of drug-likeness (QED) is 0.829. The molecule has 1 amide bonds. The molecule has 0 bridgehead atoms. The van der Waals surface area contributed by atoms with E-state index in [0.29, 0.717) is 12.5 Å². The van der Waals surface area contributed by atoms with Crippen LogP contribution in [0, 0.1) is 0 Å². The van der Waals surface area contributed by atoms with Gasteiger partial charge in [-0.05, 0) is 19.8 Å². The van der Waals surface area contributed by atoms with Crippen molar-refractivity contribution in [2.75, 3.05) is 18.1 Å². The topological polar surface area (TPSA) is 41.1 Å². The van der Waals surface area contributed by atoms with Crippen LogP contribution in [0.15, 0.2) is 0 Å². The Balaban J connectivity index is 0.00000144. The average Bonchev–Trinajstić information content (AvgIpc) is 2.66. The molecular formula is C12H23ClN2OS. The van der Waals surface area contributed by atoms with Crippen molar-refractivity contribution in [2.24, 2.45) is 0 Å². The molecule has 1 saturated heterocycles. The van der Waals surface area contributed by atoms with Crippen LogP contribution in [0.2, 0.25) is 0 Å². The van der Waals surface area contributed by atoms with Crippen LogP contribution in [0.4, 0.5) is 0 Å². The maximum Gasteiger partial charge on any atom is 0.222 e. The van der Waals surface area contributed by atoms with Crippen molar-refractivity contribution in [1.29, 1.82) is 0 Å². The Hall–Kier alpha value is 0.0700. The Bertz CT molecular complexity index is 251. The second kappa shape index (κ2) is 6.86. The number of carbonyl (C=O) groups is 1. The fourth-order valence-corrected chi connectivity index (χ4v) is 3.59. The van der Waals surface area contributed by atoms with Crippen LogP contribution in [0.3, 0.4) is 0 Å². The van der Waals surface area contributed by atoms with Gasteiger partial charge in [0.15, 0.2) is 0 Å². The Morgan fingerprint density at radius 2 is 2.18 bits per heavy atom. The smallest absolute Gasteiger partial charge is 0.222 e. The molecule has 0 spiro atoms. The minimum atomic E-state index is 0. The Kier molecular flexibility index (Phi) is 6.10. The highest BCUT2D eigenvalue weighted by molar-refractivity contribution is 7.99. The molecule has 0 aromatic heterocycles. The molecule has 0 aromatic carbocycles. The van der Waals surface area contributed by atoms with Gasteiger partial charge in [0.25, 0.3) is 0 Å². The molecule has 100 valence electrons. The van der Waals surface area contributed by atoms with Crippen LogP contribution in [-0.4, -0.2) is 35.5 Å².